The molecule has 1 aliphatic heterocycles. The van der Waals surface area contributed by atoms with E-state index in [4.69, 9.17) is 4.74 Å². The maximum absolute atomic E-state index is 12.5. The summed E-state index contributed by atoms with van der Waals surface area (Å²) in [5, 5.41) is 9.62. The molecule has 2 heterocycles. The van der Waals surface area contributed by atoms with E-state index in [9.17, 15) is 4.79 Å². The fourth-order valence-electron chi connectivity index (χ4n) is 3.61. The largest absolute Gasteiger partial charge is 0.494 e. The second kappa shape index (κ2) is 9.34. The Morgan fingerprint density at radius 1 is 1.10 bits per heavy atom. The molecule has 1 aromatic heterocycles. The smallest absolute Gasteiger partial charge is 0.233 e. The van der Waals surface area contributed by atoms with Gasteiger partial charge in [-0.3, -0.25) is 9.36 Å². The Hall–Kier alpha value is -2.80. The van der Waals surface area contributed by atoms with E-state index in [1.165, 1.54) is 11.8 Å². The number of thioether (sulfide) groups is 1. The van der Waals surface area contributed by atoms with E-state index in [2.05, 4.69) is 29.3 Å². The highest BCUT2D eigenvalue weighted by Gasteiger charge is 2.21. The molecule has 1 aliphatic rings. The van der Waals surface area contributed by atoms with Crippen molar-refractivity contribution in [1.29, 1.82) is 0 Å². The van der Waals surface area contributed by atoms with Crippen molar-refractivity contribution in [3.05, 3.63) is 54.1 Å². The van der Waals surface area contributed by atoms with Gasteiger partial charge in [-0.2, -0.15) is 0 Å². The van der Waals surface area contributed by atoms with E-state index < -0.39 is 0 Å². The Morgan fingerprint density at radius 2 is 1.87 bits per heavy atom. The first-order chi connectivity index (χ1) is 14.7. The molecule has 3 aromatic rings. The van der Waals surface area contributed by atoms with E-state index in [1.54, 1.807) is 0 Å². The molecule has 0 atom stereocenters. The van der Waals surface area contributed by atoms with Crippen molar-refractivity contribution in [2.45, 2.75) is 31.8 Å². The van der Waals surface area contributed by atoms with Crippen molar-refractivity contribution in [2.75, 3.05) is 25.4 Å². The monoisotopic (exact) mass is 422 g/mol. The van der Waals surface area contributed by atoms with Gasteiger partial charge in [-0.15, -0.1) is 10.2 Å². The van der Waals surface area contributed by atoms with Gasteiger partial charge < -0.3 is 9.64 Å². The fraction of sp³-hybridized carbons (Fsp3) is 0.348. The molecule has 7 heteroatoms. The van der Waals surface area contributed by atoms with Gasteiger partial charge in [0.05, 0.1) is 12.4 Å². The third-order valence-corrected chi connectivity index (χ3v) is 6.01. The van der Waals surface area contributed by atoms with Crippen LogP contribution in [0.15, 0.2) is 53.7 Å². The first-order valence-electron chi connectivity index (χ1n) is 10.3. The van der Waals surface area contributed by atoms with Gasteiger partial charge in [0, 0.05) is 24.3 Å². The van der Waals surface area contributed by atoms with Crippen LogP contribution >= 0.6 is 11.8 Å². The number of carbonyl (C=O) groups excluding carboxylic acids is 1. The highest BCUT2D eigenvalue weighted by Crippen LogP contribution is 2.29. The number of hydrogen-bond acceptors (Lipinski definition) is 5. The van der Waals surface area contributed by atoms with Crippen LogP contribution in [0.5, 0.6) is 5.75 Å². The summed E-state index contributed by atoms with van der Waals surface area (Å²) >= 11 is 1.44. The number of ether oxygens (including phenoxy) is 1. The maximum Gasteiger partial charge on any atom is 0.233 e. The summed E-state index contributed by atoms with van der Waals surface area (Å²) in [6, 6.07) is 16.1. The van der Waals surface area contributed by atoms with Crippen LogP contribution in [-0.4, -0.2) is 51.0 Å². The molecule has 0 unspecified atom stereocenters. The number of carbonyl (C=O) groups is 1. The van der Waals surface area contributed by atoms with Crippen LogP contribution in [0.3, 0.4) is 0 Å². The second-order valence-corrected chi connectivity index (χ2v) is 8.26. The van der Waals surface area contributed by atoms with Gasteiger partial charge in [0.25, 0.3) is 0 Å². The lowest BCUT2D eigenvalue weighted by Gasteiger charge is -2.15. The number of rotatable bonds is 7. The summed E-state index contributed by atoms with van der Waals surface area (Å²) in [5.74, 6) is 2.11. The molecule has 2 aromatic carbocycles. The van der Waals surface area contributed by atoms with Crippen LogP contribution in [0.25, 0.3) is 17.1 Å². The minimum Gasteiger partial charge on any atom is -0.494 e. The van der Waals surface area contributed by atoms with Gasteiger partial charge in [0.1, 0.15) is 5.75 Å². The first kappa shape index (κ1) is 20.5. The van der Waals surface area contributed by atoms with Crippen LogP contribution in [0, 0.1) is 6.92 Å². The van der Waals surface area contributed by atoms with Crippen LogP contribution in [-0.2, 0) is 4.79 Å². The number of nitrogens with zero attached hydrogens (tertiary/aromatic N) is 4. The minimum atomic E-state index is 0.163. The maximum atomic E-state index is 12.5. The van der Waals surface area contributed by atoms with E-state index in [1.807, 2.05) is 52.8 Å². The van der Waals surface area contributed by atoms with Crippen LogP contribution in [0.1, 0.15) is 25.3 Å². The van der Waals surface area contributed by atoms with Gasteiger partial charge in [0.2, 0.25) is 5.91 Å². The van der Waals surface area contributed by atoms with Gasteiger partial charge in [-0.05, 0) is 57.0 Å². The summed E-state index contributed by atoms with van der Waals surface area (Å²) < 4.78 is 7.60. The zero-order valence-corrected chi connectivity index (χ0v) is 18.2. The predicted molar refractivity (Wildman–Crippen MR) is 119 cm³/mol. The highest BCUT2D eigenvalue weighted by atomic mass is 32.2. The summed E-state index contributed by atoms with van der Waals surface area (Å²) in [7, 11) is 0. The standard InChI is InChI=1S/C23H26N4O2S/c1-3-29-20-11-9-19(10-12-20)27-22(18-8-6-7-17(2)15-18)24-25-23(27)30-16-21(28)26-13-4-5-14-26/h6-12,15H,3-5,13-14,16H2,1-2H3. The molecule has 0 N–H and O–H groups in total. The third-order valence-electron chi connectivity index (χ3n) is 5.10. The normalized spacial score (nSPS) is 13.6. The van der Waals surface area contributed by atoms with Crippen molar-refractivity contribution >= 4 is 17.7 Å². The third kappa shape index (κ3) is 4.51. The molecule has 1 amide bonds. The molecule has 6 nitrogen and oxygen atoms in total. The van der Waals surface area contributed by atoms with Crippen LogP contribution in [0.2, 0.25) is 0 Å². The molecule has 156 valence electrons. The molecule has 0 spiro atoms. The zero-order valence-electron chi connectivity index (χ0n) is 17.4. The quantitative estimate of drug-likeness (QED) is 0.530. The van der Waals surface area contributed by atoms with Crippen molar-refractivity contribution in [3.8, 4) is 22.8 Å². The van der Waals surface area contributed by atoms with Crippen molar-refractivity contribution in [1.82, 2.24) is 19.7 Å². The summed E-state index contributed by atoms with van der Waals surface area (Å²) in [6.07, 6.45) is 2.19. The number of aryl methyl sites for hydroxylation is 1. The molecular weight excluding hydrogens is 396 g/mol. The molecule has 4 rings (SSSR count). The van der Waals surface area contributed by atoms with E-state index in [0.29, 0.717) is 17.5 Å². The van der Waals surface area contributed by atoms with E-state index >= 15 is 0 Å². The number of hydrogen-bond donors (Lipinski definition) is 0. The lowest BCUT2D eigenvalue weighted by Crippen LogP contribution is -2.29. The average Bonchev–Trinajstić information content (AvgIpc) is 3.43. The number of aromatic nitrogens is 3. The van der Waals surface area contributed by atoms with Gasteiger partial charge >= 0.3 is 0 Å². The topological polar surface area (TPSA) is 60.2 Å². The van der Waals surface area contributed by atoms with Gasteiger partial charge in [-0.1, -0.05) is 35.5 Å². The number of benzene rings is 2. The van der Waals surface area contributed by atoms with E-state index in [0.717, 1.165) is 54.3 Å². The fourth-order valence-corrected chi connectivity index (χ4v) is 4.46. The lowest BCUT2D eigenvalue weighted by molar-refractivity contribution is -0.127. The van der Waals surface area contributed by atoms with Crippen LogP contribution < -0.4 is 4.74 Å². The number of likely N-dealkylation sites (tertiary alicyclic amines) is 1. The molecule has 0 aliphatic carbocycles. The summed E-state index contributed by atoms with van der Waals surface area (Å²) in [6.45, 7) is 6.38. The Morgan fingerprint density at radius 3 is 2.57 bits per heavy atom. The molecule has 1 fully saturated rings. The van der Waals surface area contributed by atoms with Gasteiger partial charge in [0.15, 0.2) is 11.0 Å². The molecule has 0 radical (unpaired) electrons. The van der Waals surface area contributed by atoms with Crippen molar-refractivity contribution < 1.29 is 9.53 Å². The predicted octanol–water partition coefficient (Wildman–Crippen LogP) is 4.36. The molecular formula is C23H26N4O2S. The van der Waals surface area contributed by atoms with Gasteiger partial charge in [-0.25, -0.2) is 0 Å². The van der Waals surface area contributed by atoms with Crippen molar-refractivity contribution in [2.24, 2.45) is 0 Å². The zero-order chi connectivity index (χ0) is 20.9. The Labute approximate surface area is 181 Å². The SMILES string of the molecule is CCOc1ccc(-n2c(SCC(=O)N3CCCC3)nnc2-c2cccc(C)c2)cc1. The summed E-state index contributed by atoms with van der Waals surface area (Å²) in [4.78, 5) is 14.5. The van der Waals surface area contributed by atoms with E-state index in [-0.39, 0.29) is 5.91 Å². The highest BCUT2D eigenvalue weighted by molar-refractivity contribution is 7.99. The first-order valence-corrected chi connectivity index (χ1v) is 11.3. The second-order valence-electron chi connectivity index (χ2n) is 7.31. The van der Waals surface area contributed by atoms with Crippen LogP contribution in [0.4, 0.5) is 0 Å². The Balaban J connectivity index is 1.66. The molecule has 1 saturated heterocycles. The Bertz CT molecular complexity index is 1010. The average molecular weight is 423 g/mol. The summed E-state index contributed by atoms with van der Waals surface area (Å²) in [5.41, 5.74) is 3.09. The minimum absolute atomic E-state index is 0.163. The molecule has 30 heavy (non-hydrogen) atoms. The molecule has 0 saturated carbocycles. The Kier molecular flexibility index (Phi) is 6.38. The molecule has 0 bridgehead atoms. The number of amides is 1. The van der Waals surface area contributed by atoms with Crippen molar-refractivity contribution in [3.63, 3.8) is 0 Å². The lowest BCUT2D eigenvalue weighted by atomic mass is 10.1.